The number of aliphatic hydroxyl groups is 1. The van der Waals surface area contributed by atoms with Crippen LogP contribution in [0.5, 0.6) is 0 Å². The van der Waals surface area contributed by atoms with Crippen LogP contribution in [0.4, 0.5) is 0 Å². The zero-order valence-corrected chi connectivity index (χ0v) is 15.5. The summed E-state index contributed by atoms with van der Waals surface area (Å²) in [5.74, 6) is 1.41. The van der Waals surface area contributed by atoms with Gasteiger partial charge in [-0.1, -0.05) is 38.1 Å². The highest BCUT2D eigenvalue weighted by molar-refractivity contribution is 5.96. The molecule has 2 aromatic rings. The molecular weight excluding hydrogens is 330 g/mol. The summed E-state index contributed by atoms with van der Waals surface area (Å²) in [4.78, 5) is 18.8. The summed E-state index contributed by atoms with van der Waals surface area (Å²) in [5.41, 5.74) is 0.751. The number of hydrogen-bond acceptors (Lipinski definition) is 5. The molecule has 1 N–H and O–H groups in total. The number of aromatic nitrogens is 2. The predicted octanol–water partition coefficient (Wildman–Crippen LogP) is 2.92. The lowest BCUT2D eigenvalue weighted by Crippen LogP contribution is -2.64. The van der Waals surface area contributed by atoms with Gasteiger partial charge in [0.25, 0.3) is 5.91 Å². The van der Waals surface area contributed by atoms with E-state index in [4.69, 9.17) is 4.52 Å². The Morgan fingerprint density at radius 1 is 1.35 bits per heavy atom. The van der Waals surface area contributed by atoms with Crippen molar-refractivity contribution in [2.24, 2.45) is 11.3 Å². The first kappa shape index (κ1) is 17.2. The Hall–Kier alpha value is -2.21. The highest BCUT2D eigenvalue weighted by Gasteiger charge is 2.53. The fourth-order valence-corrected chi connectivity index (χ4v) is 3.51. The smallest absolute Gasteiger partial charge is 0.254 e. The van der Waals surface area contributed by atoms with Crippen LogP contribution in [0.1, 0.15) is 49.9 Å². The molecule has 2 aliphatic rings. The molecule has 26 heavy (non-hydrogen) atoms. The van der Waals surface area contributed by atoms with E-state index >= 15 is 0 Å². The second-order valence-electron chi connectivity index (χ2n) is 8.87. The fourth-order valence-electron chi connectivity index (χ4n) is 3.51. The summed E-state index contributed by atoms with van der Waals surface area (Å²) in [6.07, 6.45) is 2.84. The SMILES string of the molecule is CC(C)(C)Cc1nc(-c2cccc(C(=O)N3CC(O)(C4CC4)C3)c2)no1. The number of rotatable bonds is 4. The standard InChI is InChI=1S/C20H25N3O3/c1-19(2,3)10-16-21-17(22-26-16)13-5-4-6-14(9-13)18(24)23-11-20(25,12-23)15-7-8-15/h4-6,9,15,25H,7-8,10-12H2,1-3H3. The average molecular weight is 355 g/mol. The number of carbonyl (C=O) groups excluding carboxylic acids is 1. The van der Waals surface area contributed by atoms with Crippen molar-refractivity contribution in [2.75, 3.05) is 13.1 Å². The second kappa shape index (κ2) is 5.91. The molecule has 138 valence electrons. The lowest BCUT2D eigenvalue weighted by Gasteiger charge is -2.47. The Morgan fingerprint density at radius 2 is 2.08 bits per heavy atom. The van der Waals surface area contributed by atoms with Crippen LogP contribution in [0.2, 0.25) is 0 Å². The van der Waals surface area contributed by atoms with Crippen LogP contribution in [0.25, 0.3) is 11.4 Å². The highest BCUT2D eigenvalue weighted by Crippen LogP contribution is 2.44. The summed E-state index contributed by atoms with van der Waals surface area (Å²) in [5, 5.41) is 14.5. The van der Waals surface area contributed by atoms with E-state index in [0.29, 0.717) is 42.7 Å². The summed E-state index contributed by atoms with van der Waals surface area (Å²) < 4.78 is 5.35. The van der Waals surface area contributed by atoms with Crippen LogP contribution in [0.3, 0.4) is 0 Å². The van der Waals surface area contributed by atoms with Crippen LogP contribution in [0.15, 0.2) is 28.8 Å². The lowest BCUT2D eigenvalue weighted by molar-refractivity contribution is -0.0958. The lowest BCUT2D eigenvalue weighted by atomic mass is 9.88. The molecule has 1 aliphatic heterocycles. The molecule has 1 aliphatic carbocycles. The second-order valence-corrected chi connectivity index (χ2v) is 8.87. The molecule has 0 radical (unpaired) electrons. The number of carbonyl (C=O) groups is 1. The molecule has 4 rings (SSSR count). The highest BCUT2D eigenvalue weighted by atomic mass is 16.5. The summed E-state index contributed by atoms with van der Waals surface area (Å²) in [6, 6.07) is 7.29. The van der Waals surface area contributed by atoms with Gasteiger partial charge in [0.05, 0.1) is 13.1 Å². The maximum absolute atomic E-state index is 12.7. The van der Waals surface area contributed by atoms with Gasteiger partial charge in [-0.2, -0.15) is 4.98 Å². The molecule has 0 bridgehead atoms. The molecule has 1 saturated carbocycles. The minimum absolute atomic E-state index is 0.0596. The summed E-state index contributed by atoms with van der Waals surface area (Å²) in [7, 11) is 0. The van der Waals surface area contributed by atoms with E-state index in [1.807, 2.05) is 12.1 Å². The van der Waals surface area contributed by atoms with E-state index < -0.39 is 5.60 Å². The third-order valence-electron chi connectivity index (χ3n) is 5.07. The molecule has 1 aromatic carbocycles. The molecule has 1 aromatic heterocycles. The number of nitrogens with zero attached hydrogens (tertiary/aromatic N) is 3. The first-order chi connectivity index (χ1) is 12.2. The minimum Gasteiger partial charge on any atom is -0.386 e. The third-order valence-corrected chi connectivity index (χ3v) is 5.07. The van der Waals surface area contributed by atoms with E-state index in [9.17, 15) is 9.90 Å². The zero-order valence-electron chi connectivity index (χ0n) is 15.5. The van der Waals surface area contributed by atoms with E-state index in [1.54, 1.807) is 17.0 Å². The first-order valence-corrected chi connectivity index (χ1v) is 9.18. The third kappa shape index (κ3) is 3.38. The van der Waals surface area contributed by atoms with Crippen molar-refractivity contribution < 1.29 is 14.4 Å². The van der Waals surface area contributed by atoms with Crippen LogP contribution in [0, 0.1) is 11.3 Å². The zero-order chi connectivity index (χ0) is 18.5. The van der Waals surface area contributed by atoms with Gasteiger partial charge in [0.1, 0.15) is 5.60 Å². The van der Waals surface area contributed by atoms with Crippen LogP contribution < -0.4 is 0 Å². The Morgan fingerprint density at radius 3 is 2.73 bits per heavy atom. The van der Waals surface area contributed by atoms with Crippen LogP contribution in [-0.4, -0.2) is 44.7 Å². The van der Waals surface area contributed by atoms with Gasteiger partial charge in [-0.3, -0.25) is 4.79 Å². The van der Waals surface area contributed by atoms with Gasteiger partial charge in [-0.05, 0) is 36.3 Å². The topological polar surface area (TPSA) is 79.5 Å². The molecule has 0 unspecified atom stereocenters. The van der Waals surface area contributed by atoms with Gasteiger partial charge in [0, 0.05) is 17.5 Å². The van der Waals surface area contributed by atoms with Gasteiger partial charge in [0.2, 0.25) is 11.7 Å². The number of hydrogen-bond donors (Lipinski definition) is 1. The van der Waals surface area contributed by atoms with Gasteiger partial charge >= 0.3 is 0 Å². The molecule has 1 saturated heterocycles. The molecule has 0 spiro atoms. The van der Waals surface area contributed by atoms with Crippen molar-refractivity contribution in [3.63, 3.8) is 0 Å². The van der Waals surface area contributed by atoms with Crippen molar-refractivity contribution in [3.8, 4) is 11.4 Å². The number of amides is 1. The molecule has 0 atom stereocenters. The maximum Gasteiger partial charge on any atom is 0.254 e. The van der Waals surface area contributed by atoms with E-state index in [-0.39, 0.29) is 11.3 Å². The Balaban J connectivity index is 1.48. The Bertz CT molecular complexity index is 827. The fraction of sp³-hybridized carbons (Fsp3) is 0.550. The van der Waals surface area contributed by atoms with E-state index in [2.05, 4.69) is 30.9 Å². The van der Waals surface area contributed by atoms with Crippen molar-refractivity contribution in [1.29, 1.82) is 0 Å². The quantitative estimate of drug-likeness (QED) is 0.912. The monoisotopic (exact) mass is 355 g/mol. The number of β-amino-alcohol motifs (C(OH)–C–C–N with tert-alkyl or cyclic N) is 1. The van der Waals surface area contributed by atoms with E-state index in [1.165, 1.54) is 0 Å². The normalized spacial score (nSPS) is 19.3. The van der Waals surface area contributed by atoms with Gasteiger partial charge < -0.3 is 14.5 Å². The summed E-state index contributed by atoms with van der Waals surface area (Å²) >= 11 is 0. The van der Waals surface area contributed by atoms with Gasteiger partial charge in [-0.25, -0.2) is 0 Å². The van der Waals surface area contributed by atoms with Gasteiger partial charge in [-0.15, -0.1) is 0 Å². The molecular formula is C20H25N3O3. The molecule has 2 fully saturated rings. The van der Waals surface area contributed by atoms with Crippen molar-refractivity contribution in [3.05, 3.63) is 35.7 Å². The largest absolute Gasteiger partial charge is 0.386 e. The minimum atomic E-state index is -0.664. The van der Waals surface area contributed by atoms with Crippen LogP contribution >= 0.6 is 0 Å². The van der Waals surface area contributed by atoms with Crippen LogP contribution in [-0.2, 0) is 6.42 Å². The van der Waals surface area contributed by atoms with Crippen molar-refractivity contribution in [1.82, 2.24) is 15.0 Å². The molecule has 1 amide bonds. The Labute approximate surface area is 153 Å². The predicted molar refractivity (Wildman–Crippen MR) is 96.5 cm³/mol. The van der Waals surface area contributed by atoms with Gasteiger partial charge in [0.15, 0.2) is 0 Å². The van der Waals surface area contributed by atoms with Crippen molar-refractivity contribution in [2.45, 2.75) is 45.6 Å². The molecule has 2 heterocycles. The summed E-state index contributed by atoms with van der Waals surface area (Å²) in [6.45, 7) is 7.21. The molecule has 6 nitrogen and oxygen atoms in total. The number of benzene rings is 1. The number of likely N-dealkylation sites (tertiary alicyclic amines) is 1. The Kier molecular flexibility index (Phi) is 3.91. The van der Waals surface area contributed by atoms with Crippen molar-refractivity contribution >= 4 is 5.91 Å². The maximum atomic E-state index is 12.7. The first-order valence-electron chi connectivity index (χ1n) is 9.18. The average Bonchev–Trinajstić information content (AvgIpc) is 3.31. The van der Waals surface area contributed by atoms with E-state index in [0.717, 1.165) is 18.4 Å². The molecule has 6 heteroatoms.